The summed E-state index contributed by atoms with van der Waals surface area (Å²) in [7, 11) is 2.45. The number of fused-ring (bicyclic) bond motifs is 1. The quantitative estimate of drug-likeness (QED) is 0.556. The lowest BCUT2D eigenvalue weighted by Crippen LogP contribution is -2.51. The molecule has 106 valence electrons. The van der Waals surface area contributed by atoms with E-state index in [4.69, 9.17) is 4.74 Å². The van der Waals surface area contributed by atoms with Crippen LogP contribution in [-0.2, 0) is 23.9 Å². The summed E-state index contributed by atoms with van der Waals surface area (Å²) in [6.07, 6.45) is 6.61. The highest BCUT2D eigenvalue weighted by molar-refractivity contribution is 6.09. The minimum Gasteiger partial charge on any atom is -0.466 e. The molecule has 0 saturated heterocycles. The van der Waals surface area contributed by atoms with Gasteiger partial charge in [-0.1, -0.05) is 18.2 Å². The summed E-state index contributed by atoms with van der Waals surface area (Å²) in [5.74, 6) is -2.38. The molecule has 0 radical (unpaired) electrons. The van der Waals surface area contributed by atoms with Crippen LogP contribution in [0.25, 0.3) is 0 Å². The van der Waals surface area contributed by atoms with Gasteiger partial charge in [-0.15, -0.1) is 0 Å². The van der Waals surface area contributed by atoms with Crippen molar-refractivity contribution in [1.29, 1.82) is 0 Å². The van der Waals surface area contributed by atoms with E-state index in [1.165, 1.54) is 19.1 Å². The second-order valence-corrected chi connectivity index (χ2v) is 4.35. The lowest BCUT2D eigenvalue weighted by atomic mass is 9.79. The first-order valence-electron chi connectivity index (χ1n) is 6.10. The number of esters is 2. The van der Waals surface area contributed by atoms with Crippen LogP contribution in [0, 0.1) is 5.92 Å². The minimum absolute atomic E-state index is 0.0672. The third-order valence-corrected chi connectivity index (χ3v) is 3.32. The van der Waals surface area contributed by atoms with Crippen molar-refractivity contribution in [3.05, 3.63) is 35.6 Å². The summed E-state index contributed by atoms with van der Waals surface area (Å²) in [4.78, 5) is 37.6. The Hall–Kier alpha value is -2.37. The van der Waals surface area contributed by atoms with Crippen molar-refractivity contribution >= 4 is 17.8 Å². The number of amides is 1. The van der Waals surface area contributed by atoms with E-state index in [9.17, 15) is 14.4 Å². The zero-order valence-electron chi connectivity index (χ0n) is 11.5. The molecule has 0 aromatic heterocycles. The van der Waals surface area contributed by atoms with Crippen LogP contribution in [0.4, 0.5) is 0 Å². The number of ether oxygens (including phenoxy) is 2. The number of allylic oxidation sites excluding steroid dienone is 1. The van der Waals surface area contributed by atoms with Gasteiger partial charge >= 0.3 is 11.9 Å². The van der Waals surface area contributed by atoms with Crippen LogP contribution in [0.3, 0.4) is 0 Å². The zero-order valence-corrected chi connectivity index (χ0v) is 11.5. The standard InChI is InChI=1S/C14H15NO5/c1-4-7-15-9-6-5-8(12(15)16)10(13(17)19-2)11(9)14(18)20-3/h4-9H,1-3H3/b7-4+. The maximum absolute atomic E-state index is 12.3. The minimum atomic E-state index is -0.808. The van der Waals surface area contributed by atoms with Crippen LogP contribution in [-0.4, -0.2) is 43.0 Å². The van der Waals surface area contributed by atoms with Crippen LogP contribution < -0.4 is 0 Å². The highest BCUT2D eigenvalue weighted by Crippen LogP contribution is 2.37. The van der Waals surface area contributed by atoms with Crippen LogP contribution in [0.15, 0.2) is 35.6 Å². The number of nitrogens with zero attached hydrogens (tertiary/aromatic N) is 1. The summed E-state index contributed by atoms with van der Waals surface area (Å²) in [5, 5.41) is 0. The fraction of sp³-hybridized carbons (Fsp3) is 0.357. The molecule has 0 saturated carbocycles. The fourth-order valence-corrected chi connectivity index (χ4v) is 2.49. The van der Waals surface area contributed by atoms with Crippen molar-refractivity contribution < 1.29 is 23.9 Å². The molecule has 0 fully saturated rings. The maximum atomic E-state index is 12.3. The van der Waals surface area contributed by atoms with Gasteiger partial charge in [0.05, 0.1) is 37.3 Å². The summed E-state index contributed by atoms with van der Waals surface area (Å²) in [6.45, 7) is 1.77. The Morgan fingerprint density at radius 2 is 1.75 bits per heavy atom. The van der Waals surface area contributed by atoms with Gasteiger partial charge in [0.1, 0.15) is 0 Å². The van der Waals surface area contributed by atoms with E-state index in [0.717, 1.165) is 0 Å². The lowest BCUT2D eigenvalue weighted by Gasteiger charge is -2.40. The average molecular weight is 277 g/mol. The second-order valence-electron chi connectivity index (χ2n) is 4.35. The Labute approximate surface area is 116 Å². The molecule has 2 bridgehead atoms. The Morgan fingerprint density at radius 3 is 2.30 bits per heavy atom. The largest absolute Gasteiger partial charge is 0.466 e. The molecular weight excluding hydrogens is 262 g/mol. The molecule has 1 amide bonds. The highest BCUT2D eigenvalue weighted by atomic mass is 16.5. The van der Waals surface area contributed by atoms with Gasteiger partial charge in [0.15, 0.2) is 0 Å². The van der Waals surface area contributed by atoms with E-state index in [1.807, 2.05) is 0 Å². The number of hydrogen-bond acceptors (Lipinski definition) is 5. The van der Waals surface area contributed by atoms with Crippen LogP contribution in [0.5, 0.6) is 0 Å². The molecule has 1 aliphatic carbocycles. The predicted molar refractivity (Wildman–Crippen MR) is 69.1 cm³/mol. The number of hydrogen-bond donors (Lipinski definition) is 0. The molecule has 20 heavy (non-hydrogen) atoms. The fourth-order valence-electron chi connectivity index (χ4n) is 2.49. The first-order chi connectivity index (χ1) is 9.56. The molecular formula is C14H15NO5. The van der Waals surface area contributed by atoms with Crippen LogP contribution in [0.1, 0.15) is 6.92 Å². The van der Waals surface area contributed by atoms with Crippen molar-refractivity contribution in [2.24, 2.45) is 5.92 Å². The van der Waals surface area contributed by atoms with Gasteiger partial charge in [-0.05, 0) is 6.92 Å². The Morgan fingerprint density at radius 1 is 1.15 bits per heavy atom. The van der Waals surface area contributed by atoms with Crippen molar-refractivity contribution in [2.75, 3.05) is 14.2 Å². The maximum Gasteiger partial charge on any atom is 0.336 e. The SMILES string of the molecule is C/C=C/N1C(=O)C2C=CC1C(C(=O)OC)=C2C(=O)OC. The van der Waals surface area contributed by atoms with Crippen molar-refractivity contribution in [2.45, 2.75) is 13.0 Å². The van der Waals surface area contributed by atoms with Gasteiger partial charge in [0.2, 0.25) is 5.91 Å². The lowest BCUT2D eigenvalue weighted by molar-refractivity contribution is -0.144. The summed E-state index contributed by atoms with van der Waals surface area (Å²) in [5.41, 5.74) is 0.224. The molecule has 6 heteroatoms. The van der Waals surface area contributed by atoms with Crippen molar-refractivity contribution in [3.63, 3.8) is 0 Å². The number of carbonyl (C=O) groups excluding carboxylic acids is 3. The molecule has 0 spiro atoms. The molecule has 2 heterocycles. The van der Waals surface area contributed by atoms with Crippen molar-refractivity contribution in [3.8, 4) is 0 Å². The van der Waals surface area contributed by atoms with Gasteiger partial charge in [-0.25, -0.2) is 9.59 Å². The van der Waals surface area contributed by atoms with E-state index in [1.54, 1.807) is 31.4 Å². The zero-order chi connectivity index (χ0) is 14.9. The Balaban J connectivity index is 2.60. The molecule has 2 aliphatic heterocycles. The number of rotatable bonds is 3. The van der Waals surface area contributed by atoms with Gasteiger partial charge in [0, 0.05) is 6.20 Å². The summed E-state index contributed by atoms with van der Waals surface area (Å²) in [6, 6.07) is -0.634. The van der Waals surface area contributed by atoms with Gasteiger partial charge in [0.25, 0.3) is 0 Å². The third-order valence-electron chi connectivity index (χ3n) is 3.32. The van der Waals surface area contributed by atoms with Gasteiger partial charge in [-0.3, -0.25) is 4.79 Å². The van der Waals surface area contributed by atoms with E-state index >= 15 is 0 Å². The number of methoxy groups -OCH3 is 2. The first kappa shape index (κ1) is 14.0. The van der Waals surface area contributed by atoms with Crippen LogP contribution in [0.2, 0.25) is 0 Å². The second kappa shape index (κ2) is 5.32. The molecule has 3 rings (SSSR count). The van der Waals surface area contributed by atoms with Gasteiger partial charge < -0.3 is 14.4 Å². The highest BCUT2D eigenvalue weighted by Gasteiger charge is 2.47. The molecule has 0 aromatic rings. The van der Waals surface area contributed by atoms with Crippen LogP contribution >= 0.6 is 0 Å². The van der Waals surface area contributed by atoms with E-state index in [0.29, 0.717) is 0 Å². The average Bonchev–Trinajstić information content (AvgIpc) is 2.48. The normalized spacial score (nSPS) is 24.6. The van der Waals surface area contributed by atoms with Gasteiger partial charge in [-0.2, -0.15) is 0 Å². The molecule has 2 atom stereocenters. The molecule has 0 aromatic carbocycles. The Kier molecular flexibility index (Phi) is 3.74. The monoisotopic (exact) mass is 277 g/mol. The molecule has 3 aliphatic rings. The van der Waals surface area contributed by atoms with E-state index < -0.39 is 23.9 Å². The topological polar surface area (TPSA) is 72.9 Å². The first-order valence-corrected chi connectivity index (χ1v) is 6.10. The molecule has 0 N–H and O–H groups in total. The summed E-state index contributed by atoms with van der Waals surface area (Å²) < 4.78 is 9.41. The molecule has 2 unspecified atom stereocenters. The van der Waals surface area contributed by atoms with E-state index in [-0.39, 0.29) is 17.1 Å². The van der Waals surface area contributed by atoms with Crippen molar-refractivity contribution in [1.82, 2.24) is 4.90 Å². The smallest absolute Gasteiger partial charge is 0.336 e. The molecule has 6 nitrogen and oxygen atoms in total. The third kappa shape index (κ3) is 1.93. The summed E-state index contributed by atoms with van der Waals surface area (Å²) >= 11 is 0. The van der Waals surface area contributed by atoms with E-state index in [2.05, 4.69) is 4.74 Å². The number of carbonyl (C=O) groups is 3. The predicted octanol–water partition coefficient (Wildman–Crippen LogP) is 0.559. The Bertz CT molecular complexity index is 558.